The van der Waals surface area contributed by atoms with E-state index in [4.69, 9.17) is 0 Å². The first-order chi connectivity index (χ1) is 9.33. The van der Waals surface area contributed by atoms with Crippen LogP contribution in [0.5, 0.6) is 5.75 Å². The number of rotatable bonds is 2. The van der Waals surface area contributed by atoms with Gasteiger partial charge in [-0.3, -0.25) is 0 Å². The van der Waals surface area contributed by atoms with E-state index in [9.17, 15) is 5.11 Å². The Kier molecular flexibility index (Phi) is 3.97. The molecule has 1 aromatic carbocycles. The van der Waals surface area contributed by atoms with E-state index < -0.39 is 0 Å². The van der Waals surface area contributed by atoms with Crippen molar-refractivity contribution in [2.45, 2.75) is 13.8 Å². The monoisotopic (exact) mass is 256 g/mol. The maximum absolute atomic E-state index is 9.20. The molecule has 0 saturated carbocycles. The molecule has 2 aromatic heterocycles. The number of H-pyrrole nitrogens is 1. The maximum Gasteiger partial charge on any atom is 0.143 e. The summed E-state index contributed by atoms with van der Waals surface area (Å²) in [6.07, 6.45) is 3.32. The van der Waals surface area contributed by atoms with Gasteiger partial charge in [-0.2, -0.15) is 0 Å². The highest BCUT2D eigenvalue weighted by Gasteiger charge is 2.04. The normalized spacial score (nSPS) is 9.79. The average Bonchev–Trinajstić information content (AvgIpc) is 2.93. The molecule has 3 rings (SSSR count). The van der Waals surface area contributed by atoms with Gasteiger partial charge in [0.2, 0.25) is 0 Å². The van der Waals surface area contributed by atoms with Crippen LogP contribution in [-0.4, -0.2) is 20.1 Å². The van der Waals surface area contributed by atoms with E-state index in [0.29, 0.717) is 0 Å². The lowest BCUT2D eigenvalue weighted by molar-refractivity contribution is 0.475. The van der Waals surface area contributed by atoms with E-state index >= 15 is 0 Å². The molecule has 0 saturated heterocycles. The molecule has 19 heavy (non-hydrogen) atoms. The molecule has 0 atom stereocenters. The topological polar surface area (TPSA) is 73.8 Å². The third kappa shape index (κ3) is 2.82. The summed E-state index contributed by atoms with van der Waals surface area (Å²) in [7, 11) is 0. The van der Waals surface area contributed by atoms with Crippen LogP contribution in [-0.2, 0) is 0 Å². The first-order valence-corrected chi connectivity index (χ1v) is 6.17. The number of hydrogen-bond acceptors (Lipinski definition) is 4. The molecule has 0 radical (unpaired) electrons. The Hall–Kier alpha value is -2.56. The van der Waals surface area contributed by atoms with Gasteiger partial charge in [0.1, 0.15) is 23.5 Å². The smallest absolute Gasteiger partial charge is 0.143 e. The lowest BCUT2D eigenvalue weighted by Crippen LogP contribution is -1.94. The number of nitrogens with one attached hydrogen (secondary N) is 2. The van der Waals surface area contributed by atoms with E-state index in [1.807, 2.05) is 26.1 Å². The van der Waals surface area contributed by atoms with Crippen molar-refractivity contribution < 1.29 is 5.11 Å². The first kappa shape index (κ1) is 12.9. The summed E-state index contributed by atoms with van der Waals surface area (Å²) < 4.78 is 0. The van der Waals surface area contributed by atoms with Gasteiger partial charge in [0.15, 0.2) is 0 Å². The highest BCUT2D eigenvalue weighted by atomic mass is 16.3. The van der Waals surface area contributed by atoms with Crippen molar-refractivity contribution in [1.82, 2.24) is 15.0 Å². The van der Waals surface area contributed by atoms with Crippen molar-refractivity contribution in [3.05, 3.63) is 42.9 Å². The zero-order chi connectivity index (χ0) is 13.7. The lowest BCUT2D eigenvalue weighted by Gasteiger charge is -2.06. The number of benzene rings is 1. The van der Waals surface area contributed by atoms with Crippen LogP contribution in [0.3, 0.4) is 0 Å². The van der Waals surface area contributed by atoms with Crippen molar-refractivity contribution in [3.8, 4) is 5.75 Å². The van der Waals surface area contributed by atoms with Gasteiger partial charge in [0, 0.05) is 11.9 Å². The van der Waals surface area contributed by atoms with Gasteiger partial charge in [0.05, 0.1) is 5.39 Å². The number of hydrogen-bond donors (Lipinski definition) is 3. The minimum Gasteiger partial charge on any atom is -0.508 e. The van der Waals surface area contributed by atoms with Gasteiger partial charge in [-0.05, 0) is 30.3 Å². The van der Waals surface area contributed by atoms with Gasteiger partial charge < -0.3 is 15.4 Å². The number of aromatic hydroxyl groups is 1. The average molecular weight is 256 g/mol. The van der Waals surface area contributed by atoms with Gasteiger partial charge in [0.25, 0.3) is 0 Å². The zero-order valence-electron chi connectivity index (χ0n) is 10.9. The summed E-state index contributed by atoms with van der Waals surface area (Å²) in [5.41, 5.74) is 1.66. The van der Waals surface area contributed by atoms with Crippen molar-refractivity contribution in [3.63, 3.8) is 0 Å². The van der Waals surface area contributed by atoms with Gasteiger partial charge in [-0.15, -0.1) is 0 Å². The number of anilines is 2. The van der Waals surface area contributed by atoms with Crippen molar-refractivity contribution >= 4 is 22.5 Å². The summed E-state index contributed by atoms with van der Waals surface area (Å²) >= 11 is 0. The molecule has 5 heteroatoms. The highest BCUT2D eigenvalue weighted by Crippen LogP contribution is 2.23. The number of aromatic amines is 1. The third-order valence-electron chi connectivity index (χ3n) is 2.48. The summed E-state index contributed by atoms with van der Waals surface area (Å²) in [5, 5.41) is 13.3. The fourth-order valence-electron chi connectivity index (χ4n) is 1.65. The predicted octanol–water partition coefficient (Wildman–Crippen LogP) is 3.43. The maximum atomic E-state index is 9.20. The molecule has 0 bridgehead atoms. The standard InChI is InChI=1S/C12H10N4O.C2H6/c17-9-3-1-8(2-4-9)16-12-10-5-6-13-11(10)14-7-15-12;1-2/h1-7,17H,(H2,13,14,15,16);1-2H3. The minimum absolute atomic E-state index is 0.241. The molecule has 0 spiro atoms. The highest BCUT2D eigenvalue weighted by molar-refractivity contribution is 5.88. The zero-order valence-corrected chi connectivity index (χ0v) is 10.9. The molecule has 0 fully saturated rings. The SMILES string of the molecule is CC.Oc1ccc(Nc2ncnc3[nH]ccc23)cc1. The molecule has 3 N–H and O–H groups in total. The van der Waals surface area contributed by atoms with Crippen LogP contribution < -0.4 is 5.32 Å². The van der Waals surface area contributed by atoms with E-state index in [0.717, 1.165) is 22.5 Å². The number of phenolic OH excluding ortho intramolecular Hbond substituents is 1. The number of fused-ring (bicyclic) bond motifs is 1. The van der Waals surface area contributed by atoms with Crippen LogP contribution in [0.1, 0.15) is 13.8 Å². The third-order valence-corrected chi connectivity index (χ3v) is 2.48. The summed E-state index contributed by atoms with van der Waals surface area (Å²) in [6, 6.07) is 8.74. The molecule has 0 amide bonds. The second-order valence-corrected chi connectivity index (χ2v) is 3.63. The summed E-state index contributed by atoms with van der Waals surface area (Å²) in [6.45, 7) is 4.00. The molecular formula is C14H16N4O. The Balaban J connectivity index is 0.000000637. The van der Waals surface area contributed by atoms with Crippen LogP contribution >= 0.6 is 0 Å². The summed E-state index contributed by atoms with van der Waals surface area (Å²) in [5.74, 6) is 0.979. The van der Waals surface area contributed by atoms with Crippen molar-refractivity contribution in [2.75, 3.05) is 5.32 Å². The molecule has 0 aliphatic rings. The number of phenols is 1. The molecule has 98 valence electrons. The van der Waals surface area contributed by atoms with Crippen LogP contribution in [0.2, 0.25) is 0 Å². The van der Waals surface area contributed by atoms with E-state index in [1.54, 1.807) is 24.3 Å². The quantitative estimate of drug-likeness (QED) is 0.614. The van der Waals surface area contributed by atoms with Crippen LogP contribution in [0.15, 0.2) is 42.9 Å². The van der Waals surface area contributed by atoms with Crippen molar-refractivity contribution in [2.24, 2.45) is 0 Å². The Morgan fingerprint density at radius 1 is 1.05 bits per heavy atom. The molecular weight excluding hydrogens is 240 g/mol. The van der Waals surface area contributed by atoms with E-state index in [-0.39, 0.29) is 5.75 Å². The minimum atomic E-state index is 0.241. The van der Waals surface area contributed by atoms with E-state index in [2.05, 4.69) is 20.3 Å². The molecule has 5 nitrogen and oxygen atoms in total. The fourth-order valence-corrected chi connectivity index (χ4v) is 1.65. The molecule has 0 unspecified atom stereocenters. The molecule has 2 heterocycles. The van der Waals surface area contributed by atoms with Gasteiger partial charge in [-0.1, -0.05) is 13.8 Å². The predicted molar refractivity (Wildman–Crippen MR) is 76.6 cm³/mol. The van der Waals surface area contributed by atoms with E-state index in [1.165, 1.54) is 6.33 Å². The van der Waals surface area contributed by atoms with Gasteiger partial charge in [-0.25, -0.2) is 9.97 Å². The van der Waals surface area contributed by atoms with Crippen LogP contribution in [0.25, 0.3) is 11.0 Å². The van der Waals surface area contributed by atoms with Crippen LogP contribution in [0, 0.1) is 0 Å². The first-order valence-electron chi connectivity index (χ1n) is 6.17. The lowest BCUT2D eigenvalue weighted by atomic mass is 10.3. The largest absolute Gasteiger partial charge is 0.508 e. The Morgan fingerprint density at radius 3 is 2.53 bits per heavy atom. The van der Waals surface area contributed by atoms with Crippen molar-refractivity contribution in [1.29, 1.82) is 0 Å². The fraction of sp³-hybridized carbons (Fsp3) is 0.143. The molecule has 0 aliphatic heterocycles. The number of nitrogens with zero attached hydrogens (tertiary/aromatic N) is 2. The van der Waals surface area contributed by atoms with Gasteiger partial charge >= 0.3 is 0 Å². The second kappa shape index (κ2) is 5.86. The Bertz CT molecular complexity index is 646. The Labute approximate surface area is 111 Å². The molecule has 3 aromatic rings. The number of aromatic nitrogens is 3. The second-order valence-electron chi connectivity index (χ2n) is 3.63. The Morgan fingerprint density at radius 2 is 1.79 bits per heavy atom. The summed E-state index contributed by atoms with van der Waals surface area (Å²) in [4.78, 5) is 11.3. The molecule has 0 aliphatic carbocycles. The van der Waals surface area contributed by atoms with Crippen LogP contribution in [0.4, 0.5) is 11.5 Å².